The van der Waals surface area contributed by atoms with E-state index in [1.165, 1.54) is 30.3 Å². The molecule has 7 nitrogen and oxygen atoms in total. The zero-order chi connectivity index (χ0) is 20.1. The Morgan fingerprint density at radius 1 is 0.815 bits per heavy atom. The molecule has 0 bridgehead atoms. The minimum absolute atomic E-state index is 0.146. The third kappa shape index (κ3) is 5.77. The van der Waals surface area contributed by atoms with Gasteiger partial charge < -0.3 is 4.74 Å². The highest BCUT2D eigenvalue weighted by atomic mass is 32.2. The zero-order valence-electron chi connectivity index (χ0n) is 14.8. The molecule has 148 valence electrons. The summed E-state index contributed by atoms with van der Waals surface area (Å²) in [4.78, 5) is -0.951. The first kappa shape index (κ1) is 21.4. The average Bonchev–Trinajstić information content (AvgIpc) is 2.58. The fraction of sp³-hybridized carbons (Fsp3) is 0.333. The van der Waals surface area contributed by atoms with Gasteiger partial charge in [-0.05, 0) is 36.6 Å². The lowest BCUT2D eigenvalue weighted by atomic mass is 10.1. The lowest BCUT2D eigenvalue weighted by Gasteiger charge is -2.16. The topological polar surface area (TPSA) is 118 Å². The molecule has 9 heteroatoms. The van der Waals surface area contributed by atoms with Crippen molar-refractivity contribution in [3.8, 4) is 11.5 Å². The average molecular weight is 415 g/mol. The van der Waals surface area contributed by atoms with E-state index >= 15 is 0 Å². The smallest absolute Gasteiger partial charge is 0.298 e. The molecule has 0 aliphatic carbocycles. The molecule has 0 amide bonds. The van der Waals surface area contributed by atoms with E-state index in [0.29, 0.717) is 12.0 Å². The number of hydrogen-bond donors (Lipinski definition) is 2. The summed E-state index contributed by atoms with van der Waals surface area (Å²) in [5.41, 5.74) is 0.520. The van der Waals surface area contributed by atoms with E-state index < -0.39 is 30.0 Å². The van der Waals surface area contributed by atoms with E-state index in [1.54, 1.807) is 6.07 Å². The Morgan fingerprint density at radius 3 is 2.07 bits per heavy atom. The van der Waals surface area contributed by atoms with Crippen LogP contribution >= 0.6 is 0 Å². The molecule has 0 saturated carbocycles. The van der Waals surface area contributed by atoms with Crippen molar-refractivity contribution in [2.75, 3.05) is 0 Å². The first-order chi connectivity index (χ1) is 12.6. The van der Waals surface area contributed by atoms with E-state index in [4.69, 9.17) is 4.74 Å². The van der Waals surface area contributed by atoms with Gasteiger partial charge in [-0.1, -0.05) is 50.5 Å². The number of unbranched alkanes of at least 4 members (excludes halogenated alkanes) is 3. The SMILES string of the molecule is CCCCCCc1cccc(S(=O)(=O)O)c1Oc1ccccc1S(=O)(=O)O. The van der Waals surface area contributed by atoms with Crippen molar-refractivity contribution in [1.82, 2.24) is 0 Å². The van der Waals surface area contributed by atoms with Gasteiger partial charge in [-0.2, -0.15) is 16.8 Å². The van der Waals surface area contributed by atoms with Crippen LogP contribution < -0.4 is 4.74 Å². The largest absolute Gasteiger partial charge is 0.454 e. The first-order valence-electron chi connectivity index (χ1n) is 8.48. The van der Waals surface area contributed by atoms with E-state index in [1.807, 2.05) is 0 Å². The van der Waals surface area contributed by atoms with Crippen LogP contribution in [0.15, 0.2) is 52.3 Å². The Hall–Kier alpha value is -1.94. The summed E-state index contributed by atoms with van der Waals surface area (Å²) in [6.45, 7) is 2.07. The van der Waals surface area contributed by atoms with Gasteiger partial charge in [0.1, 0.15) is 15.5 Å². The molecule has 0 saturated heterocycles. The van der Waals surface area contributed by atoms with Crippen LogP contribution in [-0.2, 0) is 26.7 Å². The van der Waals surface area contributed by atoms with Gasteiger partial charge in [0.05, 0.1) is 0 Å². The maximum absolute atomic E-state index is 11.8. The second-order valence-corrected chi connectivity index (χ2v) is 8.83. The number of para-hydroxylation sites is 2. The minimum Gasteiger partial charge on any atom is -0.454 e. The van der Waals surface area contributed by atoms with Crippen molar-refractivity contribution < 1.29 is 30.7 Å². The molecule has 0 fully saturated rings. The summed E-state index contributed by atoms with van der Waals surface area (Å²) < 4.78 is 71.2. The van der Waals surface area contributed by atoms with Gasteiger partial charge in [-0.15, -0.1) is 0 Å². The maximum atomic E-state index is 11.8. The van der Waals surface area contributed by atoms with Crippen LogP contribution in [0.2, 0.25) is 0 Å². The molecule has 0 unspecified atom stereocenters. The lowest BCUT2D eigenvalue weighted by Crippen LogP contribution is -2.06. The highest BCUT2D eigenvalue weighted by molar-refractivity contribution is 7.86. The molecule has 2 rings (SSSR count). The molecule has 0 aromatic heterocycles. The van der Waals surface area contributed by atoms with Gasteiger partial charge in [0.15, 0.2) is 5.75 Å². The van der Waals surface area contributed by atoms with E-state index in [9.17, 15) is 25.9 Å². The van der Waals surface area contributed by atoms with Gasteiger partial charge in [0, 0.05) is 0 Å². The Bertz CT molecular complexity index is 996. The fourth-order valence-corrected chi connectivity index (χ4v) is 3.95. The molecule has 0 atom stereocenters. The Morgan fingerprint density at radius 2 is 1.44 bits per heavy atom. The van der Waals surface area contributed by atoms with Gasteiger partial charge in [-0.3, -0.25) is 9.11 Å². The van der Waals surface area contributed by atoms with Crippen LogP contribution in [-0.4, -0.2) is 25.9 Å². The van der Waals surface area contributed by atoms with Crippen LogP contribution in [0, 0.1) is 0 Å². The second kappa shape index (κ2) is 8.83. The number of ether oxygens (including phenoxy) is 1. The molecule has 0 aliphatic heterocycles. The third-order valence-electron chi connectivity index (χ3n) is 3.98. The van der Waals surface area contributed by atoms with Crippen molar-refractivity contribution in [1.29, 1.82) is 0 Å². The van der Waals surface area contributed by atoms with Crippen LogP contribution in [0.5, 0.6) is 11.5 Å². The van der Waals surface area contributed by atoms with E-state index in [2.05, 4.69) is 6.92 Å². The van der Waals surface area contributed by atoms with Gasteiger partial charge in [-0.25, -0.2) is 0 Å². The molecular weight excluding hydrogens is 392 g/mol. The predicted molar refractivity (Wildman–Crippen MR) is 100 cm³/mol. The Balaban J connectivity index is 2.51. The standard InChI is InChI=1S/C18H22O7S2/c1-2-3-4-5-9-14-10-8-13-17(27(22,23)24)18(14)25-15-11-6-7-12-16(15)26(19,20)21/h6-8,10-13H,2-5,9H2,1H3,(H,19,20,21)(H,22,23,24). The summed E-state index contributed by atoms with van der Waals surface area (Å²) in [6, 6.07) is 9.64. The van der Waals surface area contributed by atoms with Gasteiger partial charge >= 0.3 is 0 Å². The molecule has 2 N–H and O–H groups in total. The summed E-state index contributed by atoms with van der Waals surface area (Å²) in [5, 5.41) is 0. The highest BCUT2D eigenvalue weighted by Crippen LogP contribution is 2.36. The monoisotopic (exact) mass is 414 g/mol. The van der Waals surface area contributed by atoms with Crippen LogP contribution in [0.4, 0.5) is 0 Å². The van der Waals surface area contributed by atoms with Crippen molar-refractivity contribution in [3.63, 3.8) is 0 Å². The summed E-state index contributed by atoms with van der Waals surface area (Å²) in [6.07, 6.45) is 4.27. The summed E-state index contributed by atoms with van der Waals surface area (Å²) >= 11 is 0. The van der Waals surface area contributed by atoms with Crippen molar-refractivity contribution >= 4 is 20.2 Å². The molecule has 27 heavy (non-hydrogen) atoms. The van der Waals surface area contributed by atoms with Crippen molar-refractivity contribution in [3.05, 3.63) is 48.0 Å². The van der Waals surface area contributed by atoms with E-state index in [-0.39, 0.29) is 11.5 Å². The fourth-order valence-electron chi connectivity index (χ4n) is 2.68. The van der Waals surface area contributed by atoms with Gasteiger partial charge in [0.2, 0.25) is 0 Å². The van der Waals surface area contributed by atoms with Gasteiger partial charge in [0.25, 0.3) is 20.2 Å². The Labute approximate surface area is 159 Å². The quantitative estimate of drug-likeness (QED) is 0.468. The van der Waals surface area contributed by atoms with Crippen molar-refractivity contribution in [2.24, 2.45) is 0 Å². The zero-order valence-corrected chi connectivity index (χ0v) is 16.5. The first-order valence-corrected chi connectivity index (χ1v) is 11.4. The molecule has 0 heterocycles. The second-order valence-electron chi connectivity index (χ2n) is 6.05. The van der Waals surface area contributed by atoms with Crippen LogP contribution in [0.1, 0.15) is 38.2 Å². The van der Waals surface area contributed by atoms with Crippen LogP contribution in [0.3, 0.4) is 0 Å². The molecule has 0 aliphatic rings. The number of rotatable bonds is 9. The molecular formula is C18H22O7S2. The molecule has 2 aromatic rings. The highest BCUT2D eigenvalue weighted by Gasteiger charge is 2.23. The molecule has 0 spiro atoms. The predicted octanol–water partition coefficient (Wildman–Crippen LogP) is 4.10. The molecule has 0 radical (unpaired) electrons. The molecule has 2 aromatic carbocycles. The normalized spacial score (nSPS) is 12.1. The Kier molecular flexibility index (Phi) is 6.99. The lowest BCUT2D eigenvalue weighted by molar-refractivity contribution is 0.429. The number of aryl methyl sites for hydroxylation is 1. The number of benzene rings is 2. The third-order valence-corrected chi connectivity index (χ3v) is 5.75. The summed E-state index contributed by atoms with van der Waals surface area (Å²) in [7, 11) is -9.17. The number of hydrogen-bond acceptors (Lipinski definition) is 5. The minimum atomic E-state index is -4.60. The van der Waals surface area contributed by atoms with Crippen molar-refractivity contribution in [2.45, 2.75) is 48.8 Å². The van der Waals surface area contributed by atoms with Crippen LogP contribution in [0.25, 0.3) is 0 Å². The maximum Gasteiger partial charge on any atom is 0.298 e. The van der Waals surface area contributed by atoms with E-state index in [0.717, 1.165) is 31.7 Å². The summed E-state index contributed by atoms with van der Waals surface area (Å²) in [5.74, 6) is -0.376.